The molecular formula is C12H13ClN4O. The maximum atomic E-state index is 12.0. The van der Waals surface area contributed by atoms with Gasteiger partial charge in [0.15, 0.2) is 11.3 Å². The molecule has 1 N–H and O–H groups in total. The third kappa shape index (κ3) is 2.06. The van der Waals surface area contributed by atoms with Crippen molar-refractivity contribution in [1.29, 1.82) is 0 Å². The molecule has 0 aromatic carbocycles. The molecule has 0 unspecified atom stereocenters. The van der Waals surface area contributed by atoms with Gasteiger partial charge in [-0.25, -0.2) is 9.50 Å². The fourth-order valence-electron chi connectivity index (χ4n) is 1.89. The average molecular weight is 265 g/mol. The first-order chi connectivity index (χ1) is 8.65. The fourth-order valence-corrected chi connectivity index (χ4v) is 2.13. The second-order valence-electron chi connectivity index (χ2n) is 4.68. The Balaban J connectivity index is 1.93. The highest BCUT2D eigenvalue weighted by molar-refractivity contribution is 6.29. The molecule has 0 saturated heterocycles. The largest absolute Gasteiger partial charge is 0.350 e. The standard InChI is InChI=1S/C12H13ClN4O/c1-7-4-10(13)16-17-9(6-14-11(7)17)12(18)15-5-8-2-3-8/h4,6,8H,2-3,5H2,1H3,(H,15,18). The van der Waals surface area contributed by atoms with Crippen molar-refractivity contribution < 1.29 is 4.79 Å². The SMILES string of the molecule is Cc1cc(Cl)nn2c(C(=O)NCC3CC3)cnc12. The maximum Gasteiger partial charge on any atom is 0.271 e. The summed E-state index contributed by atoms with van der Waals surface area (Å²) in [6.07, 6.45) is 3.95. The van der Waals surface area contributed by atoms with Gasteiger partial charge < -0.3 is 5.32 Å². The summed E-state index contributed by atoms with van der Waals surface area (Å²) in [4.78, 5) is 16.2. The molecule has 94 valence electrons. The van der Waals surface area contributed by atoms with E-state index in [-0.39, 0.29) is 5.91 Å². The second-order valence-corrected chi connectivity index (χ2v) is 5.07. The third-order valence-corrected chi connectivity index (χ3v) is 3.29. The van der Waals surface area contributed by atoms with Crippen molar-refractivity contribution in [3.05, 3.63) is 28.7 Å². The first-order valence-corrected chi connectivity index (χ1v) is 6.32. The van der Waals surface area contributed by atoms with Gasteiger partial charge in [0.2, 0.25) is 0 Å². The van der Waals surface area contributed by atoms with Crippen LogP contribution in [0.3, 0.4) is 0 Å². The number of halogens is 1. The number of nitrogens with zero attached hydrogens (tertiary/aromatic N) is 3. The normalized spacial score (nSPS) is 15.0. The number of fused-ring (bicyclic) bond motifs is 1. The van der Waals surface area contributed by atoms with Crippen LogP contribution in [-0.4, -0.2) is 27.0 Å². The van der Waals surface area contributed by atoms with Gasteiger partial charge in [0, 0.05) is 6.54 Å². The van der Waals surface area contributed by atoms with E-state index in [0.29, 0.717) is 22.4 Å². The lowest BCUT2D eigenvalue weighted by molar-refractivity contribution is 0.0945. The molecule has 2 aromatic heterocycles. The number of amides is 1. The van der Waals surface area contributed by atoms with Crippen molar-refractivity contribution in [2.45, 2.75) is 19.8 Å². The highest BCUT2D eigenvalue weighted by atomic mass is 35.5. The van der Waals surface area contributed by atoms with Crippen LogP contribution in [-0.2, 0) is 0 Å². The minimum Gasteiger partial charge on any atom is -0.350 e. The third-order valence-electron chi connectivity index (χ3n) is 3.10. The molecule has 1 fully saturated rings. The molecule has 0 atom stereocenters. The van der Waals surface area contributed by atoms with E-state index in [4.69, 9.17) is 11.6 Å². The number of nitrogens with one attached hydrogen (secondary N) is 1. The Labute approximate surface area is 109 Å². The number of imidazole rings is 1. The predicted octanol–water partition coefficient (Wildman–Crippen LogP) is 1.83. The van der Waals surface area contributed by atoms with E-state index in [1.165, 1.54) is 23.6 Å². The number of carbonyl (C=O) groups excluding carboxylic acids is 1. The molecule has 0 radical (unpaired) electrons. The van der Waals surface area contributed by atoms with Crippen LogP contribution in [0.2, 0.25) is 5.15 Å². The molecule has 6 heteroatoms. The summed E-state index contributed by atoms with van der Waals surface area (Å²) >= 11 is 5.90. The van der Waals surface area contributed by atoms with E-state index in [0.717, 1.165) is 12.1 Å². The fraction of sp³-hybridized carbons (Fsp3) is 0.417. The van der Waals surface area contributed by atoms with Crippen LogP contribution in [0.5, 0.6) is 0 Å². The molecule has 0 spiro atoms. The average Bonchev–Trinajstić information content (AvgIpc) is 3.05. The minimum atomic E-state index is -0.149. The van der Waals surface area contributed by atoms with E-state index in [2.05, 4.69) is 15.4 Å². The van der Waals surface area contributed by atoms with E-state index in [1.54, 1.807) is 6.07 Å². The van der Waals surface area contributed by atoms with Gasteiger partial charge in [-0.2, -0.15) is 5.10 Å². The van der Waals surface area contributed by atoms with Crippen molar-refractivity contribution >= 4 is 23.2 Å². The van der Waals surface area contributed by atoms with Gasteiger partial charge in [0.05, 0.1) is 6.20 Å². The van der Waals surface area contributed by atoms with Gasteiger partial charge in [-0.3, -0.25) is 4.79 Å². The molecule has 2 heterocycles. The number of aryl methyl sites for hydroxylation is 1. The Morgan fingerprint density at radius 2 is 2.39 bits per heavy atom. The van der Waals surface area contributed by atoms with Gasteiger partial charge in [-0.1, -0.05) is 11.6 Å². The molecule has 0 aliphatic heterocycles. The molecule has 0 bridgehead atoms. The lowest BCUT2D eigenvalue weighted by Crippen LogP contribution is -2.27. The maximum absolute atomic E-state index is 12.0. The zero-order valence-electron chi connectivity index (χ0n) is 9.98. The number of hydrogen-bond donors (Lipinski definition) is 1. The summed E-state index contributed by atoms with van der Waals surface area (Å²) < 4.78 is 1.50. The molecule has 18 heavy (non-hydrogen) atoms. The van der Waals surface area contributed by atoms with Crippen molar-refractivity contribution in [1.82, 2.24) is 19.9 Å². The van der Waals surface area contributed by atoms with Crippen LogP contribution in [0.25, 0.3) is 5.65 Å². The van der Waals surface area contributed by atoms with Crippen LogP contribution < -0.4 is 5.32 Å². The highest BCUT2D eigenvalue weighted by Gasteiger charge is 2.23. The van der Waals surface area contributed by atoms with E-state index in [9.17, 15) is 4.79 Å². The zero-order valence-corrected chi connectivity index (χ0v) is 10.7. The van der Waals surface area contributed by atoms with E-state index < -0.39 is 0 Å². The summed E-state index contributed by atoms with van der Waals surface area (Å²) in [5, 5.41) is 7.37. The van der Waals surface area contributed by atoms with Gasteiger partial charge in [-0.15, -0.1) is 0 Å². The highest BCUT2D eigenvalue weighted by Crippen LogP contribution is 2.27. The van der Waals surface area contributed by atoms with Gasteiger partial charge >= 0.3 is 0 Å². The Hall–Kier alpha value is -1.62. The van der Waals surface area contributed by atoms with Crippen LogP contribution in [0, 0.1) is 12.8 Å². The quantitative estimate of drug-likeness (QED) is 0.920. The molecule has 5 nitrogen and oxygen atoms in total. The number of aromatic nitrogens is 3. The van der Waals surface area contributed by atoms with Crippen LogP contribution in [0.1, 0.15) is 28.9 Å². The summed E-state index contributed by atoms with van der Waals surface area (Å²) in [7, 11) is 0. The van der Waals surface area contributed by atoms with Crippen molar-refractivity contribution in [3.63, 3.8) is 0 Å². The Morgan fingerprint density at radius 3 is 3.11 bits per heavy atom. The molecule has 3 rings (SSSR count). The van der Waals surface area contributed by atoms with Crippen LogP contribution in [0.15, 0.2) is 12.3 Å². The first kappa shape index (κ1) is 11.5. The summed E-state index contributed by atoms with van der Waals surface area (Å²) in [6, 6.07) is 1.73. The zero-order chi connectivity index (χ0) is 12.7. The van der Waals surface area contributed by atoms with Crippen LogP contribution >= 0.6 is 11.6 Å². The first-order valence-electron chi connectivity index (χ1n) is 5.94. The van der Waals surface area contributed by atoms with E-state index in [1.807, 2.05) is 6.92 Å². The molecule has 1 amide bonds. The van der Waals surface area contributed by atoms with Crippen molar-refractivity contribution in [2.24, 2.45) is 5.92 Å². The number of carbonyl (C=O) groups is 1. The summed E-state index contributed by atoms with van der Waals surface area (Å²) in [6.45, 7) is 2.62. The lowest BCUT2D eigenvalue weighted by Gasteiger charge is -2.04. The minimum absolute atomic E-state index is 0.149. The molecule has 1 aliphatic carbocycles. The predicted molar refractivity (Wildman–Crippen MR) is 67.8 cm³/mol. The Kier molecular flexibility index (Phi) is 2.70. The van der Waals surface area contributed by atoms with Gasteiger partial charge in [0.25, 0.3) is 5.91 Å². The second kappa shape index (κ2) is 4.24. The van der Waals surface area contributed by atoms with Crippen LogP contribution in [0.4, 0.5) is 0 Å². The van der Waals surface area contributed by atoms with Gasteiger partial charge in [0.1, 0.15) is 5.15 Å². The lowest BCUT2D eigenvalue weighted by atomic mass is 10.3. The molecule has 1 aliphatic rings. The number of rotatable bonds is 3. The van der Waals surface area contributed by atoms with Gasteiger partial charge in [-0.05, 0) is 37.3 Å². The smallest absolute Gasteiger partial charge is 0.271 e. The monoisotopic (exact) mass is 264 g/mol. The Bertz CT molecular complexity index is 618. The summed E-state index contributed by atoms with van der Waals surface area (Å²) in [5.74, 6) is 0.495. The summed E-state index contributed by atoms with van der Waals surface area (Å²) in [5.41, 5.74) is 1.99. The van der Waals surface area contributed by atoms with E-state index >= 15 is 0 Å². The number of hydrogen-bond acceptors (Lipinski definition) is 3. The van der Waals surface area contributed by atoms with Crippen molar-refractivity contribution in [2.75, 3.05) is 6.54 Å². The topological polar surface area (TPSA) is 59.3 Å². The Morgan fingerprint density at radius 1 is 1.61 bits per heavy atom. The van der Waals surface area contributed by atoms with Crippen molar-refractivity contribution in [3.8, 4) is 0 Å². The molecule has 1 saturated carbocycles. The molecule has 2 aromatic rings. The molecular weight excluding hydrogens is 252 g/mol.